The number of aliphatic carboxylic acids is 1. The van der Waals surface area contributed by atoms with Gasteiger partial charge in [0.2, 0.25) is 15.9 Å². The molecule has 2 aliphatic rings. The van der Waals surface area contributed by atoms with Gasteiger partial charge in [-0.3, -0.25) is 9.59 Å². The number of benzene rings is 3. The van der Waals surface area contributed by atoms with Gasteiger partial charge >= 0.3 is 5.97 Å². The van der Waals surface area contributed by atoms with E-state index in [1.807, 2.05) is 47.4 Å². The van der Waals surface area contributed by atoms with E-state index in [-0.39, 0.29) is 43.7 Å². The quantitative estimate of drug-likeness (QED) is 0.227. The maximum absolute atomic E-state index is 14.7. The zero-order valence-electron chi connectivity index (χ0n) is 25.5. The average molecular weight is 674 g/mol. The van der Waals surface area contributed by atoms with Gasteiger partial charge in [-0.1, -0.05) is 66.5 Å². The number of hydrogen-bond acceptors (Lipinski definition) is 5. The molecule has 8 nitrogen and oxygen atoms in total. The van der Waals surface area contributed by atoms with Crippen LogP contribution >= 0.6 is 23.2 Å². The fourth-order valence-corrected chi connectivity index (χ4v) is 7.82. The Balaban J connectivity index is 1.65. The Morgan fingerprint density at radius 3 is 2.33 bits per heavy atom. The molecule has 1 amide bonds. The van der Waals surface area contributed by atoms with Gasteiger partial charge in [-0.05, 0) is 78.3 Å². The lowest BCUT2D eigenvalue weighted by molar-refractivity contribution is -0.161. The first-order valence-electron chi connectivity index (χ1n) is 14.9. The van der Waals surface area contributed by atoms with Crippen LogP contribution in [0.3, 0.4) is 0 Å². The molecule has 5 rings (SSSR count). The zero-order valence-corrected chi connectivity index (χ0v) is 27.9. The number of rotatable bonds is 12. The molecule has 0 radical (unpaired) electrons. The van der Waals surface area contributed by atoms with Crippen LogP contribution in [0.5, 0.6) is 5.75 Å². The standard InChI is InChI=1S/C34H38Cl2N2O6S/c1-34(19-31(39)40)18-29(25-7-5-8-27(36)17-25)32(24-12-14-26(35)15-13-24)38(33(34)41)30(23-10-11-23)21-37(45(3,42)43)20-22-6-4-9-28(16-22)44-2/h4-9,12-17,23,29-30,32H,10-11,18-21H2,1-3H3,(H,39,40). The Bertz CT molecular complexity index is 1660. The fraction of sp³-hybridized carbons (Fsp3) is 0.412. The molecule has 0 aromatic heterocycles. The van der Waals surface area contributed by atoms with E-state index in [4.69, 9.17) is 27.9 Å². The first kappa shape index (κ1) is 33.3. The number of methoxy groups -OCH3 is 1. The zero-order chi connectivity index (χ0) is 32.5. The largest absolute Gasteiger partial charge is 0.497 e. The van der Waals surface area contributed by atoms with Gasteiger partial charge < -0.3 is 14.7 Å². The predicted octanol–water partition coefficient (Wildman–Crippen LogP) is 6.78. The lowest BCUT2D eigenvalue weighted by atomic mass is 9.67. The molecule has 1 aliphatic carbocycles. The van der Waals surface area contributed by atoms with Crippen LogP contribution in [-0.4, -0.2) is 60.6 Å². The minimum absolute atomic E-state index is 0.0468. The SMILES string of the molecule is COc1cccc(CN(CC(C2CC2)N2C(=O)C(C)(CC(=O)O)CC(c3cccc(Cl)c3)C2c2ccc(Cl)cc2)S(C)(=O)=O)c1. The number of sulfonamides is 1. The number of hydrogen-bond donors (Lipinski definition) is 1. The lowest BCUT2D eigenvalue weighted by Gasteiger charge is -2.52. The topological polar surface area (TPSA) is 104 Å². The van der Waals surface area contributed by atoms with Crippen molar-refractivity contribution in [2.75, 3.05) is 19.9 Å². The summed E-state index contributed by atoms with van der Waals surface area (Å²) in [7, 11) is -2.17. The van der Waals surface area contributed by atoms with Crippen LogP contribution in [0.2, 0.25) is 10.0 Å². The third-order valence-corrected chi connectivity index (χ3v) is 10.7. The number of piperidine rings is 1. The summed E-state index contributed by atoms with van der Waals surface area (Å²) in [4.78, 5) is 28.7. The highest BCUT2D eigenvalue weighted by atomic mass is 35.5. The fourth-order valence-electron chi connectivity index (χ4n) is 6.69. The molecule has 4 unspecified atom stereocenters. The van der Waals surface area contributed by atoms with Gasteiger partial charge in [-0.15, -0.1) is 0 Å². The van der Waals surface area contributed by atoms with E-state index in [1.165, 1.54) is 10.6 Å². The number of carbonyl (C=O) groups excluding carboxylic acids is 1. The predicted molar refractivity (Wildman–Crippen MR) is 175 cm³/mol. The highest BCUT2D eigenvalue weighted by molar-refractivity contribution is 7.88. The van der Waals surface area contributed by atoms with Gasteiger partial charge in [0.05, 0.1) is 31.2 Å². The number of carboxylic acid groups (broad SMARTS) is 1. The van der Waals surface area contributed by atoms with Gasteiger partial charge in [-0.2, -0.15) is 4.31 Å². The first-order chi connectivity index (χ1) is 21.3. The maximum atomic E-state index is 14.7. The van der Waals surface area contributed by atoms with E-state index in [2.05, 4.69) is 0 Å². The molecule has 11 heteroatoms. The molecule has 240 valence electrons. The Kier molecular flexibility index (Phi) is 9.84. The smallest absolute Gasteiger partial charge is 0.304 e. The summed E-state index contributed by atoms with van der Waals surface area (Å²) in [5.74, 6) is -1.03. The number of halogens is 2. The Morgan fingerprint density at radius 1 is 1.04 bits per heavy atom. The third kappa shape index (κ3) is 7.65. The second-order valence-electron chi connectivity index (χ2n) is 12.5. The highest BCUT2D eigenvalue weighted by Crippen LogP contribution is 2.54. The molecule has 0 spiro atoms. The first-order valence-corrected chi connectivity index (χ1v) is 17.5. The summed E-state index contributed by atoms with van der Waals surface area (Å²) in [6.45, 7) is 1.86. The van der Waals surface area contributed by atoms with E-state index >= 15 is 0 Å². The van der Waals surface area contributed by atoms with Crippen LogP contribution < -0.4 is 4.74 Å². The highest BCUT2D eigenvalue weighted by Gasteiger charge is 2.55. The van der Waals surface area contributed by atoms with Gasteiger partial charge in [0, 0.05) is 35.1 Å². The number of likely N-dealkylation sites (tertiary alicyclic amines) is 1. The van der Waals surface area contributed by atoms with Crippen LogP contribution in [0.1, 0.15) is 61.3 Å². The van der Waals surface area contributed by atoms with Crippen molar-refractivity contribution in [1.29, 1.82) is 0 Å². The van der Waals surface area contributed by atoms with E-state index in [1.54, 1.807) is 44.4 Å². The Morgan fingerprint density at radius 2 is 1.73 bits per heavy atom. The minimum Gasteiger partial charge on any atom is -0.497 e. The van der Waals surface area contributed by atoms with Crippen molar-refractivity contribution in [2.24, 2.45) is 11.3 Å². The van der Waals surface area contributed by atoms with Crippen LogP contribution in [0.25, 0.3) is 0 Å². The Hall–Kier alpha value is -3.11. The number of carboxylic acids is 1. The number of ether oxygens (including phenoxy) is 1. The van der Waals surface area contributed by atoms with E-state index in [0.29, 0.717) is 15.8 Å². The summed E-state index contributed by atoms with van der Waals surface area (Å²) in [6, 6.07) is 21.0. The van der Waals surface area contributed by atoms with Gasteiger partial charge in [0.1, 0.15) is 5.75 Å². The van der Waals surface area contributed by atoms with Crippen molar-refractivity contribution in [2.45, 2.75) is 57.2 Å². The molecule has 1 saturated heterocycles. The monoisotopic (exact) mass is 672 g/mol. The summed E-state index contributed by atoms with van der Waals surface area (Å²) in [6.07, 6.45) is 2.75. The maximum Gasteiger partial charge on any atom is 0.304 e. The van der Waals surface area contributed by atoms with E-state index in [9.17, 15) is 23.1 Å². The lowest BCUT2D eigenvalue weighted by Crippen LogP contribution is -2.59. The number of carbonyl (C=O) groups is 2. The van der Waals surface area contributed by atoms with Gasteiger partial charge in [-0.25, -0.2) is 8.42 Å². The van der Waals surface area contributed by atoms with Crippen LogP contribution in [0.15, 0.2) is 72.8 Å². The van der Waals surface area contributed by atoms with E-state index in [0.717, 1.165) is 29.5 Å². The summed E-state index contributed by atoms with van der Waals surface area (Å²) < 4.78 is 33.4. The molecular weight excluding hydrogens is 635 g/mol. The van der Waals surface area contributed by atoms with Gasteiger partial charge in [0.15, 0.2) is 0 Å². The van der Waals surface area contributed by atoms with Crippen molar-refractivity contribution < 1.29 is 27.9 Å². The van der Waals surface area contributed by atoms with Crippen molar-refractivity contribution in [1.82, 2.24) is 9.21 Å². The Labute approximate surface area is 274 Å². The average Bonchev–Trinajstić information content (AvgIpc) is 3.82. The van der Waals surface area contributed by atoms with Crippen molar-refractivity contribution in [3.63, 3.8) is 0 Å². The van der Waals surface area contributed by atoms with Crippen LogP contribution in [0, 0.1) is 11.3 Å². The van der Waals surface area contributed by atoms with E-state index < -0.39 is 33.5 Å². The van der Waals surface area contributed by atoms with Crippen molar-refractivity contribution in [3.8, 4) is 5.75 Å². The van der Waals surface area contributed by atoms with Crippen LogP contribution in [-0.2, 0) is 26.2 Å². The molecule has 45 heavy (non-hydrogen) atoms. The molecule has 3 aromatic rings. The van der Waals surface area contributed by atoms with Crippen LogP contribution in [0.4, 0.5) is 0 Å². The molecule has 0 bridgehead atoms. The molecule has 3 aromatic carbocycles. The molecule has 1 N–H and O–H groups in total. The van der Waals surface area contributed by atoms with Crippen molar-refractivity contribution in [3.05, 3.63) is 99.5 Å². The third-order valence-electron chi connectivity index (χ3n) is 9.01. The summed E-state index contributed by atoms with van der Waals surface area (Å²) in [5.41, 5.74) is 1.22. The molecule has 1 heterocycles. The molecule has 4 atom stereocenters. The second kappa shape index (κ2) is 13.3. The minimum atomic E-state index is -3.72. The second-order valence-corrected chi connectivity index (χ2v) is 15.4. The number of nitrogens with zero attached hydrogens (tertiary/aromatic N) is 2. The van der Waals surface area contributed by atoms with Gasteiger partial charge in [0.25, 0.3) is 0 Å². The van der Waals surface area contributed by atoms with Crippen molar-refractivity contribution >= 4 is 45.1 Å². The molecular formula is C34H38Cl2N2O6S. The normalized spacial score (nSPS) is 22.8. The molecule has 1 aliphatic heterocycles. The molecule has 1 saturated carbocycles. The number of amides is 1. The summed E-state index contributed by atoms with van der Waals surface area (Å²) in [5, 5.41) is 11.0. The molecule has 2 fully saturated rings. The summed E-state index contributed by atoms with van der Waals surface area (Å²) >= 11 is 12.8.